The van der Waals surface area contributed by atoms with Gasteiger partial charge >= 0.3 is 5.97 Å². The number of para-hydroxylation sites is 1. The Morgan fingerprint density at radius 3 is 2.54 bits per heavy atom. The van der Waals surface area contributed by atoms with Crippen LogP contribution in [-0.4, -0.2) is 77.5 Å². The maximum atomic E-state index is 13.4. The van der Waals surface area contributed by atoms with Crippen molar-refractivity contribution in [2.24, 2.45) is 17.8 Å². The molecular formula is C35H47N5O6S2. The van der Waals surface area contributed by atoms with Crippen LogP contribution in [0.5, 0.6) is 0 Å². The standard InChI is InChI=1S/C35H47N5O6S2/c1-6-25(5)40-33(26-10-9-11-27(21-26)48(43,44)39-16-18-45-19-17-39)37-38-35(40)47-22-32(41)36-30-13-8-7-12-29(30)34(42)46-31-20-24(4)14-15-28(31)23(2)3/h7-13,21,23-25,28,31H,6,14-20,22H2,1-5H3,(H,36,41)/t24-,25+,28-,31-/m1/s1. The summed E-state index contributed by atoms with van der Waals surface area (Å²) < 4.78 is 41.5. The van der Waals surface area contributed by atoms with Crippen LogP contribution in [0.3, 0.4) is 0 Å². The van der Waals surface area contributed by atoms with Gasteiger partial charge in [-0.3, -0.25) is 9.36 Å². The van der Waals surface area contributed by atoms with Crippen molar-refractivity contribution in [3.8, 4) is 11.4 Å². The number of sulfonamides is 1. The molecule has 13 heteroatoms. The molecule has 2 heterocycles. The third kappa shape index (κ3) is 8.30. The summed E-state index contributed by atoms with van der Waals surface area (Å²) in [5.74, 6) is 1.04. The Bertz CT molecular complexity index is 1690. The van der Waals surface area contributed by atoms with Crippen LogP contribution in [0.25, 0.3) is 11.4 Å². The van der Waals surface area contributed by atoms with E-state index >= 15 is 0 Å². The van der Waals surface area contributed by atoms with Crippen molar-refractivity contribution in [1.29, 1.82) is 0 Å². The number of anilines is 1. The zero-order valence-corrected chi connectivity index (χ0v) is 30.1. The zero-order valence-electron chi connectivity index (χ0n) is 28.4. The van der Waals surface area contributed by atoms with Gasteiger partial charge in [-0.1, -0.05) is 70.1 Å². The van der Waals surface area contributed by atoms with E-state index in [4.69, 9.17) is 9.47 Å². The van der Waals surface area contributed by atoms with Gasteiger partial charge in [0, 0.05) is 24.7 Å². The smallest absolute Gasteiger partial charge is 0.340 e. The van der Waals surface area contributed by atoms with Gasteiger partial charge < -0.3 is 14.8 Å². The molecule has 5 rings (SSSR count). The van der Waals surface area contributed by atoms with Gasteiger partial charge in [0.05, 0.1) is 35.1 Å². The van der Waals surface area contributed by atoms with Crippen molar-refractivity contribution in [2.45, 2.75) is 82.5 Å². The zero-order chi connectivity index (χ0) is 34.4. The first kappa shape index (κ1) is 36.0. The van der Waals surface area contributed by atoms with Gasteiger partial charge in [-0.15, -0.1) is 10.2 Å². The largest absolute Gasteiger partial charge is 0.458 e. The maximum Gasteiger partial charge on any atom is 0.340 e. The van der Waals surface area contributed by atoms with Crippen LogP contribution < -0.4 is 5.32 Å². The monoisotopic (exact) mass is 697 g/mol. The first-order valence-electron chi connectivity index (χ1n) is 16.9. The predicted molar refractivity (Wildman–Crippen MR) is 186 cm³/mol. The number of hydrogen-bond donors (Lipinski definition) is 1. The lowest BCUT2D eigenvalue weighted by molar-refractivity contribution is -0.113. The molecule has 1 saturated carbocycles. The fourth-order valence-corrected chi connectivity index (χ4v) is 8.71. The maximum absolute atomic E-state index is 13.4. The van der Waals surface area contributed by atoms with Gasteiger partial charge in [-0.2, -0.15) is 4.31 Å². The number of thioether (sulfide) groups is 1. The summed E-state index contributed by atoms with van der Waals surface area (Å²) in [4.78, 5) is 26.8. The number of carbonyl (C=O) groups excluding carboxylic acids is 2. The number of benzene rings is 2. The molecule has 4 atom stereocenters. The van der Waals surface area contributed by atoms with Crippen molar-refractivity contribution < 1.29 is 27.5 Å². The molecule has 1 aliphatic heterocycles. The van der Waals surface area contributed by atoms with Gasteiger partial charge in [0.1, 0.15) is 6.10 Å². The van der Waals surface area contributed by atoms with E-state index in [0.717, 1.165) is 25.7 Å². The topological polar surface area (TPSA) is 133 Å². The Hall–Kier alpha value is -3.26. The molecular weight excluding hydrogens is 651 g/mol. The molecule has 1 aliphatic carbocycles. The third-order valence-electron chi connectivity index (χ3n) is 9.37. The highest BCUT2D eigenvalue weighted by atomic mass is 32.2. The fraction of sp³-hybridized carbons (Fsp3) is 0.543. The van der Waals surface area contributed by atoms with Crippen molar-refractivity contribution >= 4 is 39.3 Å². The normalized spacial score (nSPS) is 21.2. The molecule has 11 nitrogen and oxygen atoms in total. The number of nitrogens with zero attached hydrogens (tertiary/aromatic N) is 4. The second-order valence-electron chi connectivity index (χ2n) is 13.1. The Morgan fingerprint density at radius 2 is 1.81 bits per heavy atom. The molecule has 0 unspecified atom stereocenters. The summed E-state index contributed by atoms with van der Waals surface area (Å²) in [7, 11) is -3.70. The summed E-state index contributed by atoms with van der Waals surface area (Å²) in [5, 5.41) is 12.3. The molecule has 1 aromatic heterocycles. The molecule has 1 saturated heterocycles. The summed E-state index contributed by atoms with van der Waals surface area (Å²) >= 11 is 1.23. The summed E-state index contributed by atoms with van der Waals surface area (Å²) in [6.07, 6.45) is 3.63. The quantitative estimate of drug-likeness (QED) is 0.171. The van der Waals surface area contributed by atoms with Crippen molar-refractivity contribution in [3.63, 3.8) is 0 Å². The van der Waals surface area contributed by atoms with Crippen molar-refractivity contribution in [3.05, 3.63) is 54.1 Å². The Labute approximate surface area is 288 Å². The molecule has 1 N–H and O–H groups in total. The minimum atomic E-state index is -3.70. The van der Waals surface area contributed by atoms with Crippen LogP contribution in [-0.2, 0) is 24.3 Å². The van der Waals surface area contributed by atoms with Gasteiger partial charge in [0.15, 0.2) is 11.0 Å². The minimum Gasteiger partial charge on any atom is -0.458 e. The summed E-state index contributed by atoms with van der Waals surface area (Å²) in [5.41, 5.74) is 1.35. The number of esters is 1. The van der Waals surface area contributed by atoms with Crippen LogP contribution >= 0.6 is 11.8 Å². The van der Waals surface area contributed by atoms with E-state index in [1.807, 2.05) is 24.5 Å². The number of nitrogens with one attached hydrogen (secondary N) is 1. The van der Waals surface area contributed by atoms with Crippen LogP contribution in [0, 0.1) is 17.8 Å². The number of hydrogen-bond acceptors (Lipinski definition) is 9. The predicted octanol–water partition coefficient (Wildman–Crippen LogP) is 6.29. The van der Waals surface area contributed by atoms with Crippen molar-refractivity contribution in [1.82, 2.24) is 19.1 Å². The Morgan fingerprint density at radius 1 is 1.06 bits per heavy atom. The van der Waals surface area contributed by atoms with E-state index in [9.17, 15) is 18.0 Å². The molecule has 48 heavy (non-hydrogen) atoms. The number of morpholine rings is 1. The van der Waals surface area contributed by atoms with Gasteiger partial charge in [0.25, 0.3) is 0 Å². The molecule has 1 amide bonds. The molecule has 2 aromatic carbocycles. The average molecular weight is 698 g/mol. The lowest BCUT2D eigenvalue weighted by Crippen LogP contribution is -2.40. The first-order valence-corrected chi connectivity index (χ1v) is 19.3. The highest BCUT2D eigenvalue weighted by molar-refractivity contribution is 7.99. The molecule has 0 bridgehead atoms. The van der Waals surface area contributed by atoms with Crippen LogP contribution in [0.15, 0.2) is 58.6 Å². The summed E-state index contributed by atoms with van der Waals surface area (Å²) in [6, 6.07) is 13.6. The molecule has 0 radical (unpaired) electrons. The van der Waals surface area contributed by atoms with E-state index in [0.29, 0.717) is 71.9 Å². The van der Waals surface area contributed by atoms with Crippen LogP contribution in [0.2, 0.25) is 0 Å². The van der Waals surface area contributed by atoms with E-state index in [-0.39, 0.29) is 28.7 Å². The first-order chi connectivity index (χ1) is 23.0. The highest BCUT2D eigenvalue weighted by Crippen LogP contribution is 2.36. The number of amides is 1. The third-order valence-corrected chi connectivity index (χ3v) is 12.2. The van der Waals surface area contributed by atoms with E-state index < -0.39 is 16.0 Å². The second kappa shape index (κ2) is 16.0. The lowest BCUT2D eigenvalue weighted by atomic mass is 9.75. The Balaban J connectivity index is 1.29. The van der Waals surface area contributed by atoms with Gasteiger partial charge in [-0.05, 0) is 68.2 Å². The Kier molecular flexibility index (Phi) is 12.0. The SMILES string of the molecule is CC[C@H](C)n1c(SCC(=O)Nc2ccccc2C(=O)O[C@@H]2C[C@H](C)CC[C@@H]2C(C)C)nnc1-c1cccc(S(=O)(=O)N2CCOCC2)c1. The van der Waals surface area contributed by atoms with Crippen molar-refractivity contribution in [2.75, 3.05) is 37.4 Å². The molecule has 2 fully saturated rings. The highest BCUT2D eigenvalue weighted by Gasteiger charge is 2.34. The number of carbonyl (C=O) groups is 2. The van der Waals surface area contributed by atoms with Gasteiger partial charge in [-0.25, -0.2) is 13.2 Å². The number of aromatic nitrogens is 3. The molecule has 2 aliphatic rings. The van der Waals surface area contributed by atoms with E-state index in [2.05, 4.69) is 36.3 Å². The molecule has 260 valence electrons. The average Bonchev–Trinajstić information content (AvgIpc) is 3.51. The van der Waals surface area contributed by atoms with Crippen LogP contribution in [0.4, 0.5) is 5.69 Å². The lowest BCUT2D eigenvalue weighted by Gasteiger charge is -2.36. The second-order valence-corrected chi connectivity index (χ2v) is 16.0. The molecule has 3 aromatic rings. The fourth-order valence-electron chi connectivity index (χ4n) is 6.42. The van der Waals surface area contributed by atoms with Gasteiger partial charge in [0.2, 0.25) is 15.9 Å². The minimum absolute atomic E-state index is 0.0206. The number of rotatable bonds is 12. The summed E-state index contributed by atoms with van der Waals surface area (Å²) in [6.45, 7) is 12.0. The molecule has 0 spiro atoms. The van der Waals surface area contributed by atoms with E-state index in [1.165, 1.54) is 16.1 Å². The van der Waals surface area contributed by atoms with E-state index in [1.54, 1.807) is 42.5 Å². The number of ether oxygens (including phenoxy) is 2. The van der Waals surface area contributed by atoms with Crippen LogP contribution in [0.1, 0.15) is 76.7 Å².